The molecule has 0 saturated carbocycles. The lowest BCUT2D eigenvalue weighted by Crippen LogP contribution is -2.40. The molecule has 6 nitrogen and oxygen atoms in total. The third kappa shape index (κ3) is 3.68. The van der Waals surface area contributed by atoms with E-state index in [0.717, 1.165) is 9.13 Å². The van der Waals surface area contributed by atoms with Crippen molar-refractivity contribution in [1.29, 1.82) is 0 Å². The molecule has 0 aliphatic heterocycles. The van der Waals surface area contributed by atoms with Crippen LogP contribution in [0.4, 0.5) is 5.69 Å². The molecule has 0 atom stereocenters. The van der Waals surface area contributed by atoms with Gasteiger partial charge in [0, 0.05) is 11.2 Å². The molecule has 4 aromatic rings. The van der Waals surface area contributed by atoms with Crippen LogP contribution in [0, 0.1) is 0 Å². The molecule has 0 saturated heterocycles. The first kappa shape index (κ1) is 19.4. The fourth-order valence-electron chi connectivity index (χ4n) is 3.01. The second kappa shape index (κ2) is 8.23. The Hall–Kier alpha value is -3.90. The van der Waals surface area contributed by atoms with Gasteiger partial charge in [0.25, 0.3) is 5.56 Å². The summed E-state index contributed by atoms with van der Waals surface area (Å²) in [4.78, 5) is 30.6. The molecule has 1 aromatic heterocycles. The summed E-state index contributed by atoms with van der Waals surface area (Å²) in [6.07, 6.45) is 1.25. The average molecular weight is 418 g/mol. The topological polar surface area (TPSA) is 76.6 Å². The maximum absolute atomic E-state index is 13.2. The van der Waals surface area contributed by atoms with Crippen LogP contribution in [0.15, 0.2) is 99.5 Å². The zero-order chi connectivity index (χ0) is 21.1. The van der Waals surface area contributed by atoms with E-state index in [0.29, 0.717) is 22.1 Å². The largest absolute Gasteiger partial charge is 0.493 e. The Kier molecular flexibility index (Phi) is 5.32. The van der Waals surface area contributed by atoms with Crippen LogP contribution in [-0.2, 0) is 0 Å². The molecule has 0 radical (unpaired) electrons. The first-order valence-electron chi connectivity index (χ1n) is 9.08. The van der Waals surface area contributed by atoms with Gasteiger partial charge in [0.05, 0.1) is 17.1 Å². The van der Waals surface area contributed by atoms with E-state index in [9.17, 15) is 14.7 Å². The van der Waals surface area contributed by atoms with Crippen molar-refractivity contribution in [2.45, 2.75) is 0 Å². The highest BCUT2D eigenvalue weighted by molar-refractivity contribution is 6.30. The molecule has 0 aliphatic carbocycles. The zero-order valence-electron chi connectivity index (χ0n) is 15.6. The monoisotopic (exact) mass is 417 g/mol. The second-order valence-corrected chi connectivity index (χ2v) is 6.84. The lowest BCUT2D eigenvalue weighted by atomic mass is 10.2. The molecule has 3 aromatic carbocycles. The van der Waals surface area contributed by atoms with Crippen molar-refractivity contribution in [2.24, 2.45) is 4.99 Å². The van der Waals surface area contributed by atoms with Crippen LogP contribution < -0.4 is 11.2 Å². The van der Waals surface area contributed by atoms with Gasteiger partial charge in [-0.2, -0.15) is 0 Å². The molecule has 0 aliphatic rings. The number of para-hydroxylation sites is 2. The highest BCUT2D eigenvalue weighted by atomic mass is 35.5. The normalized spacial score (nSPS) is 11.1. The van der Waals surface area contributed by atoms with Gasteiger partial charge in [-0.05, 0) is 48.5 Å². The molecule has 0 spiro atoms. The van der Waals surface area contributed by atoms with Crippen molar-refractivity contribution >= 4 is 23.5 Å². The number of hydrogen-bond acceptors (Lipinski definition) is 4. The predicted octanol–water partition coefficient (Wildman–Crippen LogP) is 4.10. The molecular formula is C23H16ClN3O3. The number of benzene rings is 3. The first-order valence-corrected chi connectivity index (χ1v) is 9.45. The first-order chi connectivity index (χ1) is 14.6. The van der Waals surface area contributed by atoms with E-state index in [1.807, 2.05) is 0 Å². The third-order valence-electron chi connectivity index (χ3n) is 4.47. The van der Waals surface area contributed by atoms with E-state index in [-0.39, 0.29) is 5.56 Å². The van der Waals surface area contributed by atoms with Crippen LogP contribution in [0.3, 0.4) is 0 Å². The molecule has 0 bridgehead atoms. The lowest BCUT2D eigenvalue weighted by Gasteiger charge is -2.14. The molecule has 0 amide bonds. The molecule has 1 N–H and O–H groups in total. The zero-order valence-corrected chi connectivity index (χ0v) is 16.4. The summed E-state index contributed by atoms with van der Waals surface area (Å²) in [5.74, 6) is -0.485. The summed E-state index contributed by atoms with van der Waals surface area (Å²) in [6.45, 7) is 0. The molecule has 148 valence electrons. The van der Waals surface area contributed by atoms with Crippen molar-refractivity contribution in [3.8, 4) is 17.3 Å². The van der Waals surface area contributed by atoms with Crippen molar-refractivity contribution in [1.82, 2.24) is 9.13 Å². The highest BCUT2D eigenvalue weighted by Crippen LogP contribution is 2.19. The summed E-state index contributed by atoms with van der Waals surface area (Å²) < 4.78 is 2.09. The van der Waals surface area contributed by atoms with E-state index < -0.39 is 17.1 Å². The van der Waals surface area contributed by atoms with E-state index in [1.165, 1.54) is 6.21 Å². The van der Waals surface area contributed by atoms with E-state index in [1.54, 1.807) is 84.9 Å². The minimum atomic E-state index is -0.682. The van der Waals surface area contributed by atoms with Gasteiger partial charge < -0.3 is 5.11 Å². The van der Waals surface area contributed by atoms with Gasteiger partial charge in [0.2, 0.25) is 5.88 Å². The molecule has 4 rings (SSSR count). The van der Waals surface area contributed by atoms with Crippen LogP contribution in [0.2, 0.25) is 5.02 Å². The fraction of sp³-hybridized carbons (Fsp3) is 0. The summed E-state index contributed by atoms with van der Waals surface area (Å²) in [7, 11) is 0. The van der Waals surface area contributed by atoms with Crippen molar-refractivity contribution in [3.63, 3.8) is 0 Å². The van der Waals surface area contributed by atoms with Gasteiger partial charge in [0.15, 0.2) is 0 Å². The van der Waals surface area contributed by atoms with Crippen LogP contribution >= 0.6 is 11.6 Å². The smallest absolute Gasteiger partial charge is 0.343 e. The molecule has 1 heterocycles. The van der Waals surface area contributed by atoms with Crippen LogP contribution in [-0.4, -0.2) is 20.5 Å². The van der Waals surface area contributed by atoms with Crippen molar-refractivity contribution in [3.05, 3.63) is 116 Å². The van der Waals surface area contributed by atoms with Gasteiger partial charge in [-0.25, -0.2) is 13.9 Å². The second-order valence-electron chi connectivity index (χ2n) is 6.40. The van der Waals surface area contributed by atoms with E-state index >= 15 is 0 Å². The number of hydrogen-bond donors (Lipinski definition) is 1. The van der Waals surface area contributed by atoms with Gasteiger partial charge in [0.1, 0.15) is 5.56 Å². The maximum atomic E-state index is 13.2. The Balaban J connectivity index is 1.99. The number of aromatic nitrogens is 2. The van der Waals surface area contributed by atoms with Crippen LogP contribution in [0.5, 0.6) is 5.88 Å². The van der Waals surface area contributed by atoms with Gasteiger partial charge >= 0.3 is 5.69 Å². The molecule has 7 heteroatoms. The Morgan fingerprint density at radius 1 is 0.767 bits per heavy atom. The number of aromatic hydroxyl groups is 1. The molecule has 0 unspecified atom stereocenters. The van der Waals surface area contributed by atoms with Gasteiger partial charge in [-0.3, -0.25) is 9.79 Å². The maximum Gasteiger partial charge on any atom is 0.343 e. The SMILES string of the molecule is O=c1c(C=Nc2ccc(Cl)cc2)c(O)n(-c2ccccc2)c(=O)n1-c1ccccc1. The number of halogens is 1. The van der Waals surface area contributed by atoms with Gasteiger partial charge in [-0.1, -0.05) is 48.0 Å². The number of aliphatic imine (C=N–C) groups is 1. The average Bonchev–Trinajstić information content (AvgIpc) is 2.76. The quantitative estimate of drug-likeness (QED) is 0.508. The minimum Gasteiger partial charge on any atom is -0.493 e. The van der Waals surface area contributed by atoms with Crippen LogP contribution in [0.1, 0.15) is 5.56 Å². The summed E-state index contributed by atoms with van der Waals surface area (Å²) in [5, 5.41) is 11.4. The minimum absolute atomic E-state index is 0.114. The standard InChI is InChI=1S/C23H16ClN3O3/c24-16-11-13-17(14-12-16)25-15-20-21(28)26(18-7-3-1-4-8-18)23(30)27(22(20)29)19-9-5-2-6-10-19/h1-15,28H. The highest BCUT2D eigenvalue weighted by Gasteiger charge is 2.19. The predicted molar refractivity (Wildman–Crippen MR) is 118 cm³/mol. The number of rotatable bonds is 4. The third-order valence-corrected chi connectivity index (χ3v) is 4.72. The van der Waals surface area contributed by atoms with E-state index in [4.69, 9.17) is 11.6 Å². The fourth-order valence-corrected chi connectivity index (χ4v) is 3.13. The van der Waals surface area contributed by atoms with Crippen molar-refractivity contribution in [2.75, 3.05) is 0 Å². The van der Waals surface area contributed by atoms with E-state index in [2.05, 4.69) is 4.99 Å². The summed E-state index contributed by atoms with van der Waals surface area (Å²) in [6, 6.07) is 23.8. The van der Waals surface area contributed by atoms with Crippen LogP contribution in [0.25, 0.3) is 11.4 Å². The molecule has 0 fully saturated rings. The number of nitrogens with zero attached hydrogens (tertiary/aromatic N) is 3. The molecule has 30 heavy (non-hydrogen) atoms. The van der Waals surface area contributed by atoms with Crippen molar-refractivity contribution < 1.29 is 5.11 Å². The summed E-state index contributed by atoms with van der Waals surface area (Å²) in [5.41, 5.74) is -0.115. The lowest BCUT2D eigenvalue weighted by molar-refractivity contribution is 0.427. The Bertz CT molecular complexity index is 1330. The Morgan fingerprint density at radius 2 is 1.30 bits per heavy atom. The Labute approximate surface area is 176 Å². The molecular weight excluding hydrogens is 402 g/mol. The van der Waals surface area contributed by atoms with Gasteiger partial charge in [-0.15, -0.1) is 0 Å². The summed E-state index contributed by atoms with van der Waals surface area (Å²) >= 11 is 5.89. The Morgan fingerprint density at radius 3 is 1.87 bits per heavy atom.